The summed E-state index contributed by atoms with van der Waals surface area (Å²) in [4.78, 5) is 21.4. The second-order valence-electron chi connectivity index (χ2n) is 4.00. The number of carbonyl (C=O) groups is 1. The van der Waals surface area contributed by atoms with Gasteiger partial charge in [0.2, 0.25) is 0 Å². The van der Waals surface area contributed by atoms with Crippen molar-refractivity contribution in [2.75, 3.05) is 25.1 Å². The van der Waals surface area contributed by atoms with Crippen LogP contribution in [-0.4, -0.2) is 36.1 Å². The molecule has 6 nitrogen and oxygen atoms in total. The number of rotatable bonds is 3. The molecule has 0 atom stereocenters. The Morgan fingerprint density at radius 2 is 2.12 bits per heavy atom. The van der Waals surface area contributed by atoms with Gasteiger partial charge in [0.25, 0.3) is 11.8 Å². The summed E-state index contributed by atoms with van der Waals surface area (Å²) in [5, 5.41) is 0. The van der Waals surface area contributed by atoms with E-state index in [0.29, 0.717) is 11.7 Å². The van der Waals surface area contributed by atoms with E-state index in [1.807, 2.05) is 0 Å². The summed E-state index contributed by atoms with van der Waals surface area (Å²) < 4.78 is 5.17. The standard InChI is InChI=1S/C11H16N4O2/c1-17-11-10(15-5-3-2-4-6-15)13-7-8(14-11)9(12)16/h7H,2-6H2,1H3,(H2,12,16). The SMILES string of the molecule is COc1nc(C(N)=O)cnc1N1CCCCC1. The number of piperidine rings is 1. The molecule has 92 valence electrons. The van der Waals surface area contributed by atoms with E-state index >= 15 is 0 Å². The zero-order valence-corrected chi connectivity index (χ0v) is 9.85. The monoisotopic (exact) mass is 236 g/mol. The van der Waals surface area contributed by atoms with Gasteiger partial charge in [0, 0.05) is 13.1 Å². The van der Waals surface area contributed by atoms with Crippen molar-refractivity contribution in [2.45, 2.75) is 19.3 Å². The molecule has 2 heterocycles. The van der Waals surface area contributed by atoms with Gasteiger partial charge < -0.3 is 15.4 Å². The topological polar surface area (TPSA) is 81.3 Å². The van der Waals surface area contributed by atoms with Crippen molar-refractivity contribution in [3.8, 4) is 5.88 Å². The minimum absolute atomic E-state index is 0.127. The van der Waals surface area contributed by atoms with Crippen molar-refractivity contribution in [3.05, 3.63) is 11.9 Å². The van der Waals surface area contributed by atoms with Crippen LogP contribution in [0, 0.1) is 0 Å². The number of methoxy groups -OCH3 is 1. The van der Waals surface area contributed by atoms with Crippen molar-refractivity contribution in [1.82, 2.24) is 9.97 Å². The van der Waals surface area contributed by atoms with Crippen LogP contribution in [0.3, 0.4) is 0 Å². The predicted molar refractivity (Wildman–Crippen MR) is 63.2 cm³/mol. The predicted octanol–water partition coefficient (Wildman–Crippen LogP) is 0.574. The Hall–Kier alpha value is -1.85. The van der Waals surface area contributed by atoms with E-state index in [1.165, 1.54) is 19.7 Å². The number of ether oxygens (including phenoxy) is 1. The maximum absolute atomic E-state index is 11.0. The normalized spacial score (nSPS) is 15.7. The highest BCUT2D eigenvalue weighted by molar-refractivity contribution is 5.90. The summed E-state index contributed by atoms with van der Waals surface area (Å²) in [6, 6.07) is 0. The maximum Gasteiger partial charge on any atom is 0.269 e. The molecule has 1 aromatic rings. The van der Waals surface area contributed by atoms with E-state index in [0.717, 1.165) is 25.9 Å². The molecule has 2 rings (SSSR count). The van der Waals surface area contributed by atoms with E-state index in [-0.39, 0.29) is 5.69 Å². The van der Waals surface area contributed by atoms with Gasteiger partial charge in [-0.05, 0) is 19.3 Å². The van der Waals surface area contributed by atoms with Crippen LogP contribution in [0.1, 0.15) is 29.8 Å². The van der Waals surface area contributed by atoms with Gasteiger partial charge in [0.05, 0.1) is 13.3 Å². The Labute approximate surface area is 99.8 Å². The van der Waals surface area contributed by atoms with Crippen LogP contribution in [0.5, 0.6) is 5.88 Å². The van der Waals surface area contributed by atoms with Crippen molar-refractivity contribution in [2.24, 2.45) is 5.73 Å². The van der Waals surface area contributed by atoms with Gasteiger partial charge in [0.1, 0.15) is 5.69 Å². The second-order valence-corrected chi connectivity index (χ2v) is 4.00. The molecule has 0 radical (unpaired) electrons. The molecule has 1 aliphatic rings. The molecule has 0 spiro atoms. The number of carbonyl (C=O) groups excluding carboxylic acids is 1. The molecule has 17 heavy (non-hydrogen) atoms. The second kappa shape index (κ2) is 4.99. The molecule has 1 amide bonds. The third-order valence-corrected chi connectivity index (χ3v) is 2.82. The average molecular weight is 236 g/mol. The van der Waals surface area contributed by atoms with Crippen LogP contribution in [0.25, 0.3) is 0 Å². The summed E-state index contributed by atoms with van der Waals surface area (Å²) in [6.45, 7) is 1.89. The van der Waals surface area contributed by atoms with Gasteiger partial charge in [-0.3, -0.25) is 4.79 Å². The summed E-state index contributed by atoms with van der Waals surface area (Å²) in [7, 11) is 1.52. The third kappa shape index (κ3) is 2.46. The lowest BCUT2D eigenvalue weighted by molar-refractivity contribution is 0.0994. The minimum Gasteiger partial charge on any atom is -0.478 e. The molecule has 0 bridgehead atoms. The summed E-state index contributed by atoms with van der Waals surface area (Å²) in [6.07, 6.45) is 4.92. The highest BCUT2D eigenvalue weighted by Crippen LogP contribution is 2.25. The van der Waals surface area contributed by atoms with Gasteiger partial charge in [-0.2, -0.15) is 0 Å². The average Bonchev–Trinajstić information content (AvgIpc) is 2.39. The molecule has 0 aliphatic carbocycles. The van der Waals surface area contributed by atoms with Crippen LogP contribution in [0.15, 0.2) is 6.20 Å². The Morgan fingerprint density at radius 1 is 1.41 bits per heavy atom. The molecule has 0 saturated carbocycles. The van der Waals surface area contributed by atoms with Crippen LogP contribution in [-0.2, 0) is 0 Å². The third-order valence-electron chi connectivity index (χ3n) is 2.82. The number of hydrogen-bond acceptors (Lipinski definition) is 5. The lowest BCUT2D eigenvalue weighted by Crippen LogP contribution is -2.31. The van der Waals surface area contributed by atoms with E-state index in [4.69, 9.17) is 10.5 Å². The fourth-order valence-corrected chi connectivity index (χ4v) is 1.94. The van der Waals surface area contributed by atoms with E-state index in [1.54, 1.807) is 0 Å². The Kier molecular flexibility index (Phi) is 3.41. The number of nitrogens with zero attached hydrogens (tertiary/aromatic N) is 3. The van der Waals surface area contributed by atoms with Crippen molar-refractivity contribution >= 4 is 11.7 Å². The zero-order chi connectivity index (χ0) is 12.3. The van der Waals surface area contributed by atoms with E-state index < -0.39 is 5.91 Å². The fraction of sp³-hybridized carbons (Fsp3) is 0.545. The lowest BCUT2D eigenvalue weighted by Gasteiger charge is -2.28. The molecule has 1 aliphatic heterocycles. The van der Waals surface area contributed by atoms with E-state index in [9.17, 15) is 4.79 Å². The maximum atomic E-state index is 11.0. The highest BCUT2D eigenvalue weighted by Gasteiger charge is 2.19. The first-order valence-corrected chi connectivity index (χ1v) is 5.68. The van der Waals surface area contributed by atoms with E-state index in [2.05, 4.69) is 14.9 Å². The number of amides is 1. The fourth-order valence-electron chi connectivity index (χ4n) is 1.94. The summed E-state index contributed by atoms with van der Waals surface area (Å²) in [5.41, 5.74) is 5.28. The molecule has 2 N–H and O–H groups in total. The van der Waals surface area contributed by atoms with Gasteiger partial charge >= 0.3 is 0 Å². The first-order valence-electron chi connectivity index (χ1n) is 5.68. The largest absolute Gasteiger partial charge is 0.478 e. The summed E-state index contributed by atoms with van der Waals surface area (Å²) >= 11 is 0. The lowest BCUT2D eigenvalue weighted by atomic mass is 10.1. The first kappa shape index (κ1) is 11.6. The molecule has 1 saturated heterocycles. The highest BCUT2D eigenvalue weighted by atomic mass is 16.5. The molecule has 0 aromatic carbocycles. The number of primary amides is 1. The Balaban J connectivity index is 2.29. The zero-order valence-electron chi connectivity index (χ0n) is 9.85. The smallest absolute Gasteiger partial charge is 0.269 e. The van der Waals surface area contributed by atoms with Crippen LogP contribution in [0.2, 0.25) is 0 Å². The number of hydrogen-bond donors (Lipinski definition) is 1. The van der Waals surface area contributed by atoms with Gasteiger partial charge in [-0.1, -0.05) is 0 Å². The van der Waals surface area contributed by atoms with Crippen LogP contribution < -0.4 is 15.4 Å². The molecule has 1 aromatic heterocycles. The van der Waals surface area contributed by atoms with Gasteiger partial charge in [-0.25, -0.2) is 9.97 Å². The van der Waals surface area contributed by atoms with Crippen LogP contribution >= 0.6 is 0 Å². The summed E-state index contributed by atoms with van der Waals surface area (Å²) in [5.74, 6) is 0.460. The van der Waals surface area contributed by atoms with Crippen molar-refractivity contribution < 1.29 is 9.53 Å². The Bertz CT molecular complexity index is 416. The Morgan fingerprint density at radius 3 is 2.71 bits per heavy atom. The molecular formula is C11H16N4O2. The molecule has 1 fully saturated rings. The first-order chi connectivity index (χ1) is 8.22. The minimum atomic E-state index is -0.596. The van der Waals surface area contributed by atoms with Crippen molar-refractivity contribution in [3.63, 3.8) is 0 Å². The van der Waals surface area contributed by atoms with Gasteiger partial charge in [-0.15, -0.1) is 0 Å². The molecular weight excluding hydrogens is 220 g/mol. The number of nitrogens with two attached hydrogens (primary N) is 1. The number of anilines is 1. The molecule has 0 unspecified atom stereocenters. The number of aromatic nitrogens is 2. The quantitative estimate of drug-likeness (QED) is 0.830. The molecule has 6 heteroatoms. The van der Waals surface area contributed by atoms with Crippen molar-refractivity contribution in [1.29, 1.82) is 0 Å². The van der Waals surface area contributed by atoms with Gasteiger partial charge in [0.15, 0.2) is 5.82 Å². The van der Waals surface area contributed by atoms with Crippen LogP contribution in [0.4, 0.5) is 5.82 Å².